The van der Waals surface area contributed by atoms with Crippen molar-refractivity contribution < 1.29 is 28.5 Å². The third-order valence-corrected chi connectivity index (χ3v) is 5.93. The van der Waals surface area contributed by atoms with E-state index in [-0.39, 0.29) is 5.97 Å². The molecule has 1 saturated heterocycles. The highest BCUT2D eigenvalue weighted by Crippen LogP contribution is 2.48. The Morgan fingerprint density at radius 1 is 1.15 bits per heavy atom. The minimum absolute atomic E-state index is 0.326. The van der Waals surface area contributed by atoms with Gasteiger partial charge in [0.05, 0.1) is 26.0 Å². The molecule has 1 aliphatic carbocycles. The second-order valence-electron chi connectivity index (χ2n) is 6.65. The lowest BCUT2D eigenvalue weighted by Gasteiger charge is -2.42. The SMILES string of the molecule is COC(=O)C1(c2nc(SC)ncc2C(OC)OC)CCC2(CC1)OCCO2. The summed E-state index contributed by atoms with van der Waals surface area (Å²) in [5.74, 6) is -0.928. The zero-order valence-electron chi connectivity index (χ0n) is 16.1. The van der Waals surface area contributed by atoms with Crippen molar-refractivity contribution in [3.05, 3.63) is 17.5 Å². The third kappa shape index (κ3) is 3.71. The van der Waals surface area contributed by atoms with Crippen molar-refractivity contribution in [2.45, 2.75) is 48.3 Å². The normalized spacial score (nSPS) is 20.9. The first-order chi connectivity index (χ1) is 13.0. The highest BCUT2D eigenvalue weighted by atomic mass is 32.2. The summed E-state index contributed by atoms with van der Waals surface area (Å²) in [6, 6.07) is 0. The van der Waals surface area contributed by atoms with Crippen molar-refractivity contribution in [1.82, 2.24) is 9.97 Å². The third-order valence-electron chi connectivity index (χ3n) is 5.37. The average molecular weight is 398 g/mol. The van der Waals surface area contributed by atoms with E-state index in [9.17, 15) is 4.79 Å². The molecular formula is C18H26N2O6S. The highest BCUT2D eigenvalue weighted by Gasteiger charge is 2.53. The predicted molar refractivity (Wildman–Crippen MR) is 97.4 cm³/mol. The molecule has 1 spiro atoms. The lowest BCUT2D eigenvalue weighted by atomic mass is 9.68. The number of nitrogens with zero attached hydrogens (tertiary/aromatic N) is 2. The molecule has 1 aromatic rings. The quantitative estimate of drug-likeness (QED) is 0.310. The number of methoxy groups -OCH3 is 3. The second-order valence-corrected chi connectivity index (χ2v) is 7.42. The minimum Gasteiger partial charge on any atom is -0.468 e. The molecule has 0 radical (unpaired) electrons. The zero-order valence-corrected chi connectivity index (χ0v) is 17.0. The summed E-state index contributed by atoms with van der Waals surface area (Å²) < 4.78 is 27.7. The first-order valence-corrected chi connectivity index (χ1v) is 10.1. The van der Waals surface area contributed by atoms with Gasteiger partial charge in [0, 0.05) is 38.8 Å². The molecule has 0 aromatic carbocycles. The van der Waals surface area contributed by atoms with E-state index in [0.717, 1.165) is 0 Å². The van der Waals surface area contributed by atoms with Crippen LogP contribution in [0.5, 0.6) is 0 Å². The number of rotatable bonds is 6. The molecule has 1 aliphatic heterocycles. The summed E-state index contributed by atoms with van der Waals surface area (Å²) in [6.45, 7) is 1.16. The average Bonchev–Trinajstić information content (AvgIpc) is 3.17. The molecule has 0 N–H and O–H groups in total. The van der Waals surface area contributed by atoms with Gasteiger partial charge in [-0.05, 0) is 19.1 Å². The Bertz CT molecular complexity index is 666. The van der Waals surface area contributed by atoms with Crippen molar-refractivity contribution >= 4 is 17.7 Å². The summed E-state index contributed by atoms with van der Waals surface area (Å²) in [7, 11) is 4.49. The van der Waals surface area contributed by atoms with Gasteiger partial charge in [-0.2, -0.15) is 0 Å². The maximum Gasteiger partial charge on any atom is 0.317 e. The number of esters is 1. The fourth-order valence-corrected chi connectivity index (χ4v) is 4.30. The van der Waals surface area contributed by atoms with E-state index in [4.69, 9.17) is 28.7 Å². The smallest absolute Gasteiger partial charge is 0.317 e. The summed E-state index contributed by atoms with van der Waals surface area (Å²) in [5, 5.41) is 0.580. The first-order valence-electron chi connectivity index (χ1n) is 8.87. The second kappa shape index (κ2) is 8.40. The van der Waals surface area contributed by atoms with Gasteiger partial charge in [0.2, 0.25) is 0 Å². The molecule has 9 heteroatoms. The molecule has 0 atom stereocenters. The van der Waals surface area contributed by atoms with E-state index in [1.807, 2.05) is 6.26 Å². The summed E-state index contributed by atoms with van der Waals surface area (Å²) >= 11 is 1.41. The fraction of sp³-hybridized carbons (Fsp3) is 0.722. The van der Waals surface area contributed by atoms with Gasteiger partial charge in [-0.25, -0.2) is 9.97 Å². The molecule has 2 fully saturated rings. The molecule has 1 aromatic heterocycles. The summed E-state index contributed by atoms with van der Waals surface area (Å²) in [5.41, 5.74) is 0.301. The standard InChI is InChI=1S/C18H26N2O6S/c1-22-14(23-2)12-11-19-16(27-4)20-13(12)17(15(21)24-3)5-7-18(8-6-17)25-9-10-26-18/h11,14H,5-10H2,1-4H3. The van der Waals surface area contributed by atoms with Crippen LogP contribution in [0.1, 0.15) is 43.2 Å². The van der Waals surface area contributed by atoms with Crippen LogP contribution in [0, 0.1) is 0 Å². The molecule has 0 unspecified atom stereocenters. The molecule has 0 amide bonds. The molecule has 0 bridgehead atoms. The van der Waals surface area contributed by atoms with Crippen LogP contribution in [0.3, 0.4) is 0 Å². The highest BCUT2D eigenvalue weighted by molar-refractivity contribution is 7.98. The Balaban J connectivity index is 2.06. The lowest BCUT2D eigenvalue weighted by molar-refractivity contribution is -0.191. The van der Waals surface area contributed by atoms with Crippen LogP contribution in [0.25, 0.3) is 0 Å². The summed E-state index contributed by atoms with van der Waals surface area (Å²) in [4.78, 5) is 22.0. The van der Waals surface area contributed by atoms with Gasteiger partial charge in [-0.15, -0.1) is 0 Å². The van der Waals surface area contributed by atoms with Gasteiger partial charge < -0.3 is 23.7 Å². The number of carbonyl (C=O) groups is 1. The van der Waals surface area contributed by atoms with Crippen LogP contribution in [-0.4, -0.2) is 62.5 Å². The van der Waals surface area contributed by atoms with Gasteiger partial charge in [-0.1, -0.05) is 11.8 Å². The van der Waals surface area contributed by atoms with Crippen molar-refractivity contribution in [1.29, 1.82) is 0 Å². The van der Waals surface area contributed by atoms with Crippen LogP contribution in [0.2, 0.25) is 0 Å². The molecule has 8 nitrogen and oxygen atoms in total. The summed E-state index contributed by atoms with van der Waals surface area (Å²) in [6.07, 6.45) is 5.06. The Kier molecular flexibility index (Phi) is 6.37. The van der Waals surface area contributed by atoms with E-state index >= 15 is 0 Å². The monoisotopic (exact) mass is 398 g/mol. The van der Waals surface area contributed by atoms with Gasteiger partial charge in [0.15, 0.2) is 17.2 Å². The van der Waals surface area contributed by atoms with Crippen LogP contribution in [0.15, 0.2) is 11.4 Å². The number of thioether (sulfide) groups is 1. The Labute approximate surface area is 163 Å². The molecule has 2 aliphatic rings. The largest absolute Gasteiger partial charge is 0.468 e. The molecule has 27 heavy (non-hydrogen) atoms. The van der Waals surface area contributed by atoms with E-state index in [0.29, 0.717) is 55.3 Å². The van der Waals surface area contributed by atoms with Crippen molar-refractivity contribution in [2.75, 3.05) is 40.8 Å². The van der Waals surface area contributed by atoms with Crippen molar-refractivity contribution in [3.8, 4) is 0 Å². The Morgan fingerprint density at radius 2 is 1.78 bits per heavy atom. The minimum atomic E-state index is -0.923. The van der Waals surface area contributed by atoms with E-state index in [2.05, 4.69) is 4.98 Å². The van der Waals surface area contributed by atoms with Crippen LogP contribution < -0.4 is 0 Å². The molecule has 3 rings (SSSR count). The Morgan fingerprint density at radius 3 is 2.30 bits per heavy atom. The van der Waals surface area contributed by atoms with E-state index < -0.39 is 17.5 Å². The molecule has 150 valence electrons. The van der Waals surface area contributed by atoms with Crippen LogP contribution >= 0.6 is 11.8 Å². The molecular weight excluding hydrogens is 372 g/mol. The topological polar surface area (TPSA) is 89.0 Å². The predicted octanol–water partition coefficient (Wildman–Crippen LogP) is 2.22. The number of hydrogen-bond acceptors (Lipinski definition) is 9. The maximum atomic E-state index is 13.0. The van der Waals surface area contributed by atoms with Gasteiger partial charge in [-0.3, -0.25) is 4.79 Å². The Hall–Kier alpha value is -1.26. The van der Waals surface area contributed by atoms with Crippen molar-refractivity contribution in [2.24, 2.45) is 0 Å². The van der Waals surface area contributed by atoms with E-state index in [1.54, 1.807) is 20.4 Å². The molecule has 1 saturated carbocycles. The fourth-order valence-electron chi connectivity index (χ4n) is 3.96. The maximum absolute atomic E-state index is 13.0. The van der Waals surface area contributed by atoms with Gasteiger partial charge in [0.1, 0.15) is 5.41 Å². The number of carbonyl (C=O) groups excluding carboxylic acids is 1. The number of ether oxygens (including phenoxy) is 5. The van der Waals surface area contributed by atoms with Gasteiger partial charge in [0.25, 0.3) is 0 Å². The number of aromatic nitrogens is 2. The van der Waals surface area contributed by atoms with Crippen LogP contribution in [-0.2, 0) is 33.9 Å². The first kappa shape index (κ1) is 20.5. The van der Waals surface area contributed by atoms with Crippen molar-refractivity contribution in [3.63, 3.8) is 0 Å². The van der Waals surface area contributed by atoms with E-state index in [1.165, 1.54) is 18.9 Å². The number of hydrogen-bond donors (Lipinski definition) is 0. The molecule has 2 heterocycles. The lowest BCUT2D eigenvalue weighted by Crippen LogP contribution is -2.48. The van der Waals surface area contributed by atoms with Gasteiger partial charge >= 0.3 is 5.97 Å². The van der Waals surface area contributed by atoms with Crippen LogP contribution in [0.4, 0.5) is 0 Å². The zero-order chi connectivity index (χ0) is 19.5.